The first-order chi connectivity index (χ1) is 10.8. The third-order valence-electron chi connectivity index (χ3n) is 3.43. The molecule has 2 aromatic carbocycles. The molecular weight excluding hydrogens is 281 g/mol. The van der Waals surface area contributed by atoms with Crippen molar-refractivity contribution < 1.29 is 4.39 Å². The first kappa shape index (κ1) is 12.6. The molecule has 0 aliphatic rings. The zero-order chi connectivity index (χ0) is 14.9. The summed E-state index contributed by atoms with van der Waals surface area (Å²) >= 11 is 0. The molecule has 2 aromatic heterocycles. The number of imidazole rings is 1. The van der Waals surface area contributed by atoms with Crippen molar-refractivity contribution in [2.45, 2.75) is 0 Å². The smallest absolute Gasteiger partial charge is 0.152 e. The highest BCUT2D eigenvalue weighted by atomic mass is 19.1. The lowest BCUT2D eigenvalue weighted by molar-refractivity contribution is 0.628. The van der Waals surface area contributed by atoms with Crippen molar-refractivity contribution in [3.8, 4) is 11.3 Å². The molecule has 5 nitrogen and oxygen atoms in total. The number of nitrogens with one attached hydrogen (secondary N) is 3. The van der Waals surface area contributed by atoms with Crippen molar-refractivity contribution >= 4 is 22.5 Å². The van der Waals surface area contributed by atoms with E-state index in [0.717, 1.165) is 28.0 Å². The molecule has 22 heavy (non-hydrogen) atoms. The monoisotopic (exact) mass is 293 g/mol. The van der Waals surface area contributed by atoms with Gasteiger partial charge in [0.2, 0.25) is 0 Å². The average Bonchev–Trinajstić information content (AvgIpc) is 3.17. The minimum atomic E-state index is -0.255. The number of fused-ring (bicyclic) bond motifs is 1. The van der Waals surface area contributed by atoms with Crippen LogP contribution in [0.15, 0.2) is 54.9 Å². The Kier molecular flexibility index (Phi) is 2.86. The van der Waals surface area contributed by atoms with E-state index in [4.69, 9.17) is 0 Å². The van der Waals surface area contributed by atoms with Crippen molar-refractivity contribution in [2.24, 2.45) is 0 Å². The molecule has 4 aromatic rings. The number of hydrogen-bond donors (Lipinski definition) is 3. The molecule has 0 unspecified atom stereocenters. The van der Waals surface area contributed by atoms with Crippen molar-refractivity contribution in [1.29, 1.82) is 0 Å². The topological polar surface area (TPSA) is 69.4 Å². The van der Waals surface area contributed by atoms with Crippen LogP contribution in [0.2, 0.25) is 0 Å². The van der Waals surface area contributed by atoms with Crippen molar-refractivity contribution in [3.63, 3.8) is 0 Å². The molecule has 0 spiro atoms. The van der Waals surface area contributed by atoms with E-state index in [1.165, 1.54) is 12.1 Å². The maximum Gasteiger partial charge on any atom is 0.152 e. The lowest BCUT2D eigenvalue weighted by Crippen LogP contribution is -1.90. The van der Waals surface area contributed by atoms with Gasteiger partial charge in [0.05, 0.1) is 23.1 Å². The number of nitrogens with zero attached hydrogens (tertiary/aromatic N) is 2. The Labute approximate surface area is 125 Å². The highest BCUT2D eigenvalue weighted by Gasteiger charge is 2.05. The molecule has 2 heterocycles. The van der Waals surface area contributed by atoms with Gasteiger partial charge in [0, 0.05) is 11.8 Å². The van der Waals surface area contributed by atoms with Gasteiger partial charge in [-0.2, -0.15) is 5.10 Å². The summed E-state index contributed by atoms with van der Waals surface area (Å²) in [7, 11) is 0. The zero-order valence-corrected chi connectivity index (χ0v) is 11.5. The molecular formula is C16H12FN5. The minimum Gasteiger partial charge on any atom is -0.345 e. The second kappa shape index (κ2) is 5.00. The molecule has 6 heteroatoms. The van der Waals surface area contributed by atoms with E-state index in [1.807, 2.05) is 24.3 Å². The van der Waals surface area contributed by atoms with Gasteiger partial charge in [-0.05, 0) is 48.0 Å². The van der Waals surface area contributed by atoms with Crippen molar-refractivity contribution in [2.75, 3.05) is 5.32 Å². The standard InChI is InChI=1S/C16H12FN5/c17-11-3-1-10(2-4-11)14-8-16(22-21-14)20-12-5-6-13-15(7-12)19-9-18-13/h1-9H,(H,18,19)(H2,20,21,22). The second-order valence-corrected chi connectivity index (χ2v) is 4.93. The fourth-order valence-electron chi connectivity index (χ4n) is 2.32. The SMILES string of the molecule is Fc1ccc(-c2cc(Nc3ccc4nc[nH]c4c3)n[nH]2)cc1. The van der Waals surface area contributed by atoms with E-state index in [0.29, 0.717) is 5.82 Å². The fourth-order valence-corrected chi connectivity index (χ4v) is 2.32. The zero-order valence-electron chi connectivity index (χ0n) is 11.5. The molecule has 0 radical (unpaired) electrons. The summed E-state index contributed by atoms with van der Waals surface area (Å²) in [6.45, 7) is 0. The summed E-state index contributed by atoms with van der Waals surface area (Å²) < 4.78 is 12.9. The van der Waals surface area contributed by atoms with Gasteiger partial charge in [0.15, 0.2) is 5.82 Å². The van der Waals surface area contributed by atoms with Crippen LogP contribution in [-0.2, 0) is 0 Å². The summed E-state index contributed by atoms with van der Waals surface area (Å²) in [5.41, 5.74) is 4.49. The third-order valence-corrected chi connectivity index (χ3v) is 3.43. The molecule has 0 atom stereocenters. The highest BCUT2D eigenvalue weighted by molar-refractivity contribution is 5.80. The van der Waals surface area contributed by atoms with Gasteiger partial charge in [-0.3, -0.25) is 5.10 Å². The lowest BCUT2D eigenvalue weighted by atomic mass is 10.1. The van der Waals surface area contributed by atoms with Crippen LogP contribution in [0, 0.1) is 5.82 Å². The van der Waals surface area contributed by atoms with E-state index in [1.54, 1.807) is 18.5 Å². The molecule has 3 N–H and O–H groups in total. The van der Waals surface area contributed by atoms with Gasteiger partial charge >= 0.3 is 0 Å². The number of aromatic nitrogens is 4. The Balaban J connectivity index is 1.59. The van der Waals surface area contributed by atoms with Crippen LogP contribution in [0.3, 0.4) is 0 Å². The largest absolute Gasteiger partial charge is 0.345 e. The van der Waals surface area contributed by atoms with Gasteiger partial charge < -0.3 is 10.3 Å². The highest BCUT2D eigenvalue weighted by Crippen LogP contribution is 2.23. The van der Waals surface area contributed by atoms with E-state index in [-0.39, 0.29) is 5.82 Å². The summed E-state index contributed by atoms with van der Waals surface area (Å²) in [6, 6.07) is 14.0. The van der Waals surface area contributed by atoms with E-state index in [2.05, 4.69) is 25.5 Å². The Morgan fingerprint density at radius 2 is 1.86 bits per heavy atom. The number of halogens is 1. The fraction of sp³-hybridized carbons (Fsp3) is 0. The maximum absolute atomic E-state index is 12.9. The summed E-state index contributed by atoms with van der Waals surface area (Å²) in [6.07, 6.45) is 1.66. The summed E-state index contributed by atoms with van der Waals surface area (Å²) in [5, 5.41) is 10.4. The van der Waals surface area contributed by atoms with Gasteiger partial charge in [-0.25, -0.2) is 9.37 Å². The molecule has 0 saturated heterocycles. The molecule has 0 aliphatic heterocycles. The van der Waals surface area contributed by atoms with Crippen LogP contribution in [0.25, 0.3) is 22.3 Å². The normalized spacial score (nSPS) is 11.0. The number of benzene rings is 2. The molecule has 0 fully saturated rings. The Hall–Kier alpha value is -3.15. The van der Waals surface area contributed by atoms with Crippen LogP contribution < -0.4 is 5.32 Å². The first-order valence-corrected chi connectivity index (χ1v) is 6.79. The Morgan fingerprint density at radius 3 is 2.73 bits per heavy atom. The van der Waals surface area contributed by atoms with E-state index < -0.39 is 0 Å². The van der Waals surface area contributed by atoms with Crippen LogP contribution >= 0.6 is 0 Å². The Morgan fingerprint density at radius 1 is 1.00 bits per heavy atom. The molecule has 0 saturated carbocycles. The number of rotatable bonds is 3. The molecule has 4 rings (SSSR count). The minimum absolute atomic E-state index is 0.255. The number of aromatic amines is 2. The second-order valence-electron chi connectivity index (χ2n) is 4.93. The van der Waals surface area contributed by atoms with Gasteiger partial charge in [0.1, 0.15) is 5.82 Å². The van der Waals surface area contributed by atoms with Crippen molar-refractivity contribution in [1.82, 2.24) is 20.2 Å². The van der Waals surface area contributed by atoms with Crippen LogP contribution in [0.5, 0.6) is 0 Å². The van der Waals surface area contributed by atoms with Gasteiger partial charge in [0.25, 0.3) is 0 Å². The Bertz CT molecular complexity index is 923. The van der Waals surface area contributed by atoms with E-state index in [9.17, 15) is 4.39 Å². The summed E-state index contributed by atoms with van der Waals surface area (Å²) in [4.78, 5) is 7.25. The van der Waals surface area contributed by atoms with Gasteiger partial charge in [-0.1, -0.05) is 0 Å². The first-order valence-electron chi connectivity index (χ1n) is 6.79. The van der Waals surface area contributed by atoms with Crippen LogP contribution in [0.1, 0.15) is 0 Å². The van der Waals surface area contributed by atoms with Crippen LogP contribution in [-0.4, -0.2) is 20.2 Å². The molecule has 108 valence electrons. The number of hydrogen-bond acceptors (Lipinski definition) is 3. The number of anilines is 2. The molecule has 0 bridgehead atoms. The predicted octanol–water partition coefficient (Wildman–Crippen LogP) is 3.84. The van der Waals surface area contributed by atoms with Crippen LogP contribution in [0.4, 0.5) is 15.9 Å². The molecule has 0 amide bonds. The predicted molar refractivity (Wildman–Crippen MR) is 83.4 cm³/mol. The van der Waals surface area contributed by atoms with Crippen molar-refractivity contribution in [3.05, 3.63) is 60.7 Å². The maximum atomic E-state index is 12.9. The van der Waals surface area contributed by atoms with E-state index >= 15 is 0 Å². The molecule has 0 aliphatic carbocycles. The lowest BCUT2D eigenvalue weighted by Gasteiger charge is -2.01. The third kappa shape index (κ3) is 2.31. The average molecular weight is 293 g/mol. The number of H-pyrrole nitrogens is 2. The quantitative estimate of drug-likeness (QED) is 0.537. The summed E-state index contributed by atoms with van der Waals surface area (Å²) in [5.74, 6) is 0.438. The van der Waals surface area contributed by atoms with Gasteiger partial charge in [-0.15, -0.1) is 0 Å².